The zero-order valence-corrected chi connectivity index (χ0v) is 17.3. The van der Waals surface area contributed by atoms with Crippen LogP contribution in [0.5, 0.6) is 23.0 Å². The molecule has 0 fully saturated rings. The molecular weight excluding hydrogens is 398 g/mol. The van der Waals surface area contributed by atoms with Crippen LogP contribution in [0.25, 0.3) is 21.9 Å². The molecule has 1 unspecified atom stereocenters. The summed E-state index contributed by atoms with van der Waals surface area (Å²) in [7, 11) is 2.07. The largest absolute Gasteiger partial charge is 0.466 e. The van der Waals surface area contributed by atoms with E-state index in [1.807, 2.05) is 18.2 Å². The van der Waals surface area contributed by atoms with Gasteiger partial charge in [0.25, 0.3) is 0 Å². The summed E-state index contributed by atoms with van der Waals surface area (Å²) in [5.74, 6) is 2.75. The molecule has 6 rings (SSSR count). The van der Waals surface area contributed by atoms with Crippen LogP contribution in [0.1, 0.15) is 24.9 Å². The molecule has 1 atom stereocenters. The Balaban J connectivity index is 1.56. The van der Waals surface area contributed by atoms with Gasteiger partial charge in [-0.2, -0.15) is 0 Å². The van der Waals surface area contributed by atoms with Gasteiger partial charge in [0.05, 0.1) is 18.3 Å². The number of carbonyl (C=O) groups excluding carboxylic acids is 1. The molecule has 3 heterocycles. The van der Waals surface area contributed by atoms with Gasteiger partial charge in [0.2, 0.25) is 13.6 Å². The van der Waals surface area contributed by atoms with Gasteiger partial charge in [0.15, 0.2) is 23.0 Å². The van der Waals surface area contributed by atoms with Gasteiger partial charge in [-0.3, -0.25) is 4.79 Å². The Morgan fingerprint density at radius 3 is 2.58 bits per heavy atom. The molecule has 0 saturated heterocycles. The number of hydrogen-bond acceptors (Lipinski definition) is 7. The molecule has 3 aromatic rings. The monoisotopic (exact) mass is 419 g/mol. The van der Waals surface area contributed by atoms with Gasteiger partial charge in [-0.05, 0) is 35.2 Å². The molecule has 0 radical (unpaired) electrons. The van der Waals surface area contributed by atoms with Crippen LogP contribution < -0.4 is 23.8 Å². The molecule has 7 nitrogen and oxygen atoms in total. The van der Waals surface area contributed by atoms with E-state index in [1.165, 1.54) is 6.92 Å². The lowest BCUT2D eigenvalue weighted by Gasteiger charge is -2.39. The van der Waals surface area contributed by atoms with Gasteiger partial charge >= 0.3 is 5.97 Å². The second kappa shape index (κ2) is 6.70. The highest BCUT2D eigenvalue weighted by molar-refractivity contribution is 6.05. The molecule has 7 heteroatoms. The van der Waals surface area contributed by atoms with Crippen LogP contribution in [-0.4, -0.2) is 33.2 Å². The van der Waals surface area contributed by atoms with Gasteiger partial charge in [-0.1, -0.05) is 12.1 Å². The first-order valence-corrected chi connectivity index (χ1v) is 10.3. The van der Waals surface area contributed by atoms with E-state index < -0.39 is 0 Å². The summed E-state index contributed by atoms with van der Waals surface area (Å²) in [5, 5.41) is 2.17. The highest BCUT2D eigenvalue weighted by atomic mass is 16.7. The molecule has 0 N–H and O–H groups in total. The van der Waals surface area contributed by atoms with Crippen molar-refractivity contribution in [3.05, 3.63) is 42.0 Å². The van der Waals surface area contributed by atoms with E-state index in [-0.39, 0.29) is 25.6 Å². The van der Waals surface area contributed by atoms with Crippen LogP contribution in [0.2, 0.25) is 0 Å². The van der Waals surface area contributed by atoms with Gasteiger partial charge in [-0.15, -0.1) is 0 Å². The Kier molecular flexibility index (Phi) is 3.93. The number of anilines is 1. The molecule has 0 spiro atoms. The first-order valence-electron chi connectivity index (χ1n) is 10.3. The predicted molar refractivity (Wildman–Crippen MR) is 114 cm³/mol. The van der Waals surface area contributed by atoms with Gasteiger partial charge in [0.1, 0.15) is 0 Å². The smallest absolute Gasteiger partial charge is 0.302 e. The zero-order chi connectivity index (χ0) is 21.1. The van der Waals surface area contributed by atoms with Crippen molar-refractivity contribution in [1.82, 2.24) is 0 Å². The van der Waals surface area contributed by atoms with Crippen LogP contribution in [0.15, 0.2) is 36.4 Å². The maximum absolute atomic E-state index is 11.4. The van der Waals surface area contributed by atoms with E-state index >= 15 is 0 Å². The molecule has 0 aromatic heterocycles. The van der Waals surface area contributed by atoms with Crippen LogP contribution in [0.4, 0.5) is 5.69 Å². The molecule has 3 aromatic carbocycles. The molecular formula is C24H21NO6. The quantitative estimate of drug-likeness (QED) is 0.583. The number of esters is 1. The van der Waals surface area contributed by atoms with E-state index in [2.05, 4.69) is 30.1 Å². The average molecular weight is 419 g/mol. The minimum absolute atomic E-state index is 0.0467. The second-order valence-corrected chi connectivity index (χ2v) is 7.90. The first kappa shape index (κ1) is 18.2. The molecule has 3 aliphatic heterocycles. The van der Waals surface area contributed by atoms with Crippen LogP contribution in [0.3, 0.4) is 0 Å². The molecule has 3 aliphatic rings. The van der Waals surface area contributed by atoms with Gasteiger partial charge in [0, 0.05) is 36.9 Å². The van der Waals surface area contributed by atoms with Crippen molar-refractivity contribution in [2.45, 2.75) is 19.4 Å². The SMILES string of the molecule is CC(=O)OCCC1c2c(ccc3c2OCO3)-c2ccc3cc4c(cc3c2N1C)OCO4. The minimum Gasteiger partial charge on any atom is -0.466 e. The number of benzene rings is 3. The topological polar surface area (TPSA) is 66.5 Å². The average Bonchev–Trinajstić information content (AvgIpc) is 3.42. The van der Waals surface area contributed by atoms with Crippen molar-refractivity contribution >= 4 is 22.4 Å². The Hall–Kier alpha value is -3.61. The predicted octanol–water partition coefficient (Wildman–Crippen LogP) is 4.41. The lowest BCUT2D eigenvalue weighted by Crippen LogP contribution is -2.30. The molecule has 0 aliphatic carbocycles. The third kappa shape index (κ3) is 2.69. The summed E-state index contributed by atoms with van der Waals surface area (Å²) in [6, 6.07) is 12.3. The highest BCUT2D eigenvalue weighted by Crippen LogP contribution is 2.55. The van der Waals surface area contributed by atoms with Crippen molar-refractivity contribution in [2.24, 2.45) is 0 Å². The Morgan fingerprint density at radius 2 is 1.74 bits per heavy atom. The summed E-state index contributed by atoms with van der Waals surface area (Å²) in [5.41, 5.74) is 4.39. The number of ether oxygens (including phenoxy) is 5. The Morgan fingerprint density at radius 1 is 1.00 bits per heavy atom. The van der Waals surface area contributed by atoms with E-state index in [9.17, 15) is 4.79 Å². The van der Waals surface area contributed by atoms with Crippen LogP contribution in [0, 0.1) is 0 Å². The van der Waals surface area contributed by atoms with Crippen molar-refractivity contribution in [2.75, 3.05) is 32.1 Å². The Bertz CT molecular complexity index is 1240. The number of carbonyl (C=O) groups is 1. The molecule has 0 saturated carbocycles. The van der Waals surface area contributed by atoms with Crippen LogP contribution in [-0.2, 0) is 9.53 Å². The third-order valence-electron chi connectivity index (χ3n) is 6.20. The maximum atomic E-state index is 11.4. The van der Waals surface area contributed by atoms with Gasteiger partial charge in [-0.25, -0.2) is 0 Å². The van der Waals surface area contributed by atoms with Crippen LogP contribution >= 0.6 is 0 Å². The van der Waals surface area contributed by atoms with E-state index in [0.717, 1.165) is 56.1 Å². The second-order valence-electron chi connectivity index (χ2n) is 7.90. The molecule has 0 amide bonds. The minimum atomic E-state index is -0.282. The van der Waals surface area contributed by atoms with Crippen molar-refractivity contribution in [3.8, 4) is 34.1 Å². The fourth-order valence-corrected chi connectivity index (χ4v) is 4.86. The van der Waals surface area contributed by atoms with E-state index in [4.69, 9.17) is 23.7 Å². The number of hydrogen-bond donors (Lipinski definition) is 0. The van der Waals surface area contributed by atoms with Crippen molar-refractivity contribution in [3.63, 3.8) is 0 Å². The summed E-state index contributed by atoms with van der Waals surface area (Å²) in [4.78, 5) is 13.6. The normalized spacial score (nSPS) is 17.5. The maximum Gasteiger partial charge on any atom is 0.302 e. The zero-order valence-electron chi connectivity index (χ0n) is 17.3. The van der Waals surface area contributed by atoms with Crippen molar-refractivity contribution in [1.29, 1.82) is 0 Å². The lowest BCUT2D eigenvalue weighted by atomic mass is 9.84. The fraction of sp³-hybridized carbons (Fsp3) is 0.292. The fourth-order valence-electron chi connectivity index (χ4n) is 4.86. The van der Waals surface area contributed by atoms with Gasteiger partial charge < -0.3 is 28.6 Å². The molecule has 158 valence electrons. The molecule has 31 heavy (non-hydrogen) atoms. The summed E-state index contributed by atoms with van der Waals surface area (Å²) < 4.78 is 28.0. The number of rotatable bonds is 3. The number of fused-ring (bicyclic) bond motifs is 8. The summed E-state index contributed by atoms with van der Waals surface area (Å²) in [6.45, 7) is 2.20. The highest BCUT2D eigenvalue weighted by Gasteiger charge is 2.36. The van der Waals surface area contributed by atoms with E-state index in [1.54, 1.807) is 0 Å². The standard InChI is InChI=1S/C24H21NO6/c1-13(26)27-8-7-18-22-15(5-6-19-24(22)31-12-28-19)16-4-3-14-9-20-21(30-11-29-20)10-17(14)23(16)25(18)2/h3-6,9-10,18H,7-8,11-12H2,1-2H3. The summed E-state index contributed by atoms with van der Waals surface area (Å²) in [6.07, 6.45) is 0.628. The van der Waals surface area contributed by atoms with Crippen molar-refractivity contribution < 1.29 is 28.5 Å². The Labute approximate surface area is 179 Å². The molecule has 0 bridgehead atoms. The van der Waals surface area contributed by atoms with E-state index in [0.29, 0.717) is 13.0 Å². The first-order chi connectivity index (χ1) is 15.1. The lowest BCUT2D eigenvalue weighted by molar-refractivity contribution is -0.141. The third-order valence-corrected chi connectivity index (χ3v) is 6.20. The number of nitrogens with zero attached hydrogens (tertiary/aromatic N) is 1. The summed E-state index contributed by atoms with van der Waals surface area (Å²) >= 11 is 0.